The third-order valence-electron chi connectivity index (χ3n) is 3.03. The van der Waals surface area contributed by atoms with Crippen molar-refractivity contribution in [2.24, 2.45) is 0 Å². The Morgan fingerprint density at radius 1 is 0.842 bits per heavy atom. The summed E-state index contributed by atoms with van der Waals surface area (Å²) >= 11 is 9.09. The topological polar surface area (TPSA) is 0 Å². The molecule has 0 radical (unpaired) electrons. The van der Waals surface area contributed by atoms with Gasteiger partial charge in [-0.2, -0.15) is 0 Å². The number of rotatable bonds is 4. The molecule has 0 saturated carbocycles. The monoisotopic (exact) mass is 286 g/mol. The number of allylic oxidation sites excluding steroid dienone is 1. The molecule has 0 aromatic heterocycles. The Balaban J connectivity index is 2.27. The fourth-order valence-corrected chi connectivity index (χ4v) is 2.59. The van der Waals surface area contributed by atoms with Gasteiger partial charge in [-0.1, -0.05) is 67.9 Å². The van der Waals surface area contributed by atoms with Crippen LogP contribution in [0.25, 0.3) is 16.0 Å². The van der Waals surface area contributed by atoms with E-state index in [2.05, 4.69) is 80.7 Å². The second-order valence-electron chi connectivity index (χ2n) is 4.49. The summed E-state index contributed by atoms with van der Waals surface area (Å²) < 4.78 is 0. The van der Waals surface area contributed by atoms with E-state index in [1.807, 2.05) is 6.07 Å². The van der Waals surface area contributed by atoms with E-state index >= 15 is 0 Å². The van der Waals surface area contributed by atoms with Crippen LogP contribution in [0.2, 0.25) is 0 Å². The van der Waals surface area contributed by atoms with Crippen molar-refractivity contribution in [3.8, 4) is 11.1 Å². The molecule has 0 aliphatic carbocycles. The van der Waals surface area contributed by atoms with Crippen molar-refractivity contribution in [3.63, 3.8) is 0 Å². The van der Waals surface area contributed by atoms with Gasteiger partial charge in [0.05, 0.1) is 0 Å². The molecule has 19 heavy (non-hydrogen) atoms. The van der Waals surface area contributed by atoms with Crippen LogP contribution in [0.1, 0.15) is 25.3 Å². The van der Waals surface area contributed by atoms with Crippen LogP contribution in [-0.2, 0) is 0 Å². The van der Waals surface area contributed by atoms with E-state index in [-0.39, 0.29) is 0 Å². The summed E-state index contributed by atoms with van der Waals surface area (Å²) in [6.07, 6.45) is 2.06. The molecule has 0 N–H and O–H groups in total. The summed E-state index contributed by atoms with van der Waals surface area (Å²) in [5, 5.41) is 0. The van der Waals surface area contributed by atoms with Crippen LogP contribution in [0.4, 0.5) is 0 Å². The molecule has 2 aromatic carbocycles. The van der Waals surface area contributed by atoms with Crippen LogP contribution in [0, 0.1) is 0 Å². The molecule has 0 saturated heterocycles. The van der Waals surface area contributed by atoms with Crippen molar-refractivity contribution in [2.75, 3.05) is 0 Å². The van der Waals surface area contributed by atoms with Gasteiger partial charge in [0.1, 0.15) is 0 Å². The van der Waals surface area contributed by atoms with E-state index in [9.17, 15) is 0 Å². The highest BCUT2D eigenvalue weighted by molar-refractivity contribution is 7.93. The van der Waals surface area contributed by atoms with Gasteiger partial charge in [-0.15, -0.1) is 25.3 Å². The zero-order chi connectivity index (χ0) is 13.7. The first-order valence-corrected chi connectivity index (χ1v) is 7.38. The standard InChI is InChI=1S/C17H18S2/c1-2-6-16(18)17(19)15-11-9-14(10-12-15)13-7-4-3-5-8-13/h3-5,7-12,18-19H,2,6H2,1H3. The average Bonchev–Trinajstić information content (AvgIpc) is 2.48. The van der Waals surface area contributed by atoms with Gasteiger partial charge in [0.25, 0.3) is 0 Å². The molecule has 0 bridgehead atoms. The second-order valence-corrected chi connectivity index (χ2v) is 5.48. The highest BCUT2D eigenvalue weighted by Gasteiger charge is 2.03. The molecule has 98 valence electrons. The SMILES string of the molecule is CCCC(S)=C(S)c1ccc(-c2ccccc2)cc1. The lowest BCUT2D eigenvalue weighted by Crippen LogP contribution is -1.83. The van der Waals surface area contributed by atoms with E-state index in [0.717, 1.165) is 28.2 Å². The highest BCUT2D eigenvalue weighted by Crippen LogP contribution is 2.29. The quantitative estimate of drug-likeness (QED) is 0.664. The Labute approximate surface area is 126 Å². The Bertz CT molecular complexity index is 554. The molecule has 0 atom stereocenters. The minimum atomic E-state index is 0.975. The maximum absolute atomic E-state index is 4.57. The smallest absolute Gasteiger partial charge is 0.0205 e. The number of hydrogen-bond acceptors (Lipinski definition) is 2. The van der Waals surface area contributed by atoms with E-state index in [1.54, 1.807) is 0 Å². The van der Waals surface area contributed by atoms with Gasteiger partial charge in [0, 0.05) is 4.91 Å². The highest BCUT2D eigenvalue weighted by atomic mass is 32.1. The zero-order valence-corrected chi connectivity index (χ0v) is 12.8. The molecule has 0 amide bonds. The zero-order valence-electron chi connectivity index (χ0n) is 11.0. The van der Waals surface area contributed by atoms with Gasteiger partial charge in [-0.3, -0.25) is 0 Å². The summed E-state index contributed by atoms with van der Waals surface area (Å²) in [6, 6.07) is 18.9. The predicted molar refractivity (Wildman–Crippen MR) is 91.7 cm³/mol. The summed E-state index contributed by atoms with van der Waals surface area (Å²) in [4.78, 5) is 2.03. The fourth-order valence-electron chi connectivity index (χ4n) is 1.97. The average molecular weight is 286 g/mol. The Morgan fingerprint density at radius 2 is 1.42 bits per heavy atom. The molecule has 0 aliphatic heterocycles. The molecule has 0 nitrogen and oxygen atoms in total. The van der Waals surface area contributed by atoms with Crippen molar-refractivity contribution in [1.29, 1.82) is 0 Å². The maximum atomic E-state index is 4.57. The number of hydrogen-bond donors (Lipinski definition) is 2. The Morgan fingerprint density at radius 3 is 2.00 bits per heavy atom. The van der Waals surface area contributed by atoms with Crippen molar-refractivity contribution in [1.82, 2.24) is 0 Å². The summed E-state index contributed by atoms with van der Waals surface area (Å²) in [5.41, 5.74) is 3.58. The largest absolute Gasteiger partial charge is 0.147 e. The van der Waals surface area contributed by atoms with Gasteiger partial charge in [-0.05, 0) is 28.0 Å². The van der Waals surface area contributed by atoms with E-state index in [4.69, 9.17) is 0 Å². The third-order valence-corrected chi connectivity index (χ3v) is 4.18. The van der Waals surface area contributed by atoms with Crippen molar-refractivity contribution < 1.29 is 0 Å². The molecular formula is C17H18S2. The number of benzene rings is 2. The molecular weight excluding hydrogens is 268 g/mol. The molecule has 2 heteroatoms. The van der Waals surface area contributed by atoms with Crippen molar-refractivity contribution in [2.45, 2.75) is 19.8 Å². The summed E-state index contributed by atoms with van der Waals surface area (Å²) in [7, 11) is 0. The lowest BCUT2D eigenvalue weighted by molar-refractivity contribution is 0.952. The van der Waals surface area contributed by atoms with Gasteiger partial charge < -0.3 is 0 Å². The van der Waals surface area contributed by atoms with Crippen LogP contribution in [0.5, 0.6) is 0 Å². The second kappa shape index (κ2) is 6.88. The predicted octanol–water partition coefficient (Wildman–Crippen LogP) is 5.68. The molecule has 0 fully saturated rings. The lowest BCUT2D eigenvalue weighted by atomic mass is 10.0. The van der Waals surface area contributed by atoms with Gasteiger partial charge in [0.2, 0.25) is 0 Å². The Hall–Kier alpha value is -1.12. The van der Waals surface area contributed by atoms with Crippen LogP contribution in [-0.4, -0.2) is 0 Å². The minimum absolute atomic E-state index is 0.975. The molecule has 0 spiro atoms. The van der Waals surface area contributed by atoms with Gasteiger partial charge >= 0.3 is 0 Å². The fraction of sp³-hybridized carbons (Fsp3) is 0.176. The Kier molecular flexibility index (Phi) is 5.17. The number of thiol groups is 2. The van der Waals surface area contributed by atoms with Crippen LogP contribution < -0.4 is 0 Å². The van der Waals surface area contributed by atoms with E-state index < -0.39 is 0 Å². The molecule has 2 aromatic rings. The van der Waals surface area contributed by atoms with E-state index in [1.165, 1.54) is 11.1 Å². The lowest BCUT2D eigenvalue weighted by Gasteiger charge is -2.07. The molecule has 0 heterocycles. The summed E-state index contributed by atoms with van der Waals surface area (Å²) in [5.74, 6) is 0. The van der Waals surface area contributed by atoms with Gasteiger partial charge in [0.15, 0.2) is 0 Å². The third kappa shape index (κ3) is 3.68. The maximum Gasteiger partial charge on any atom is 0.0205 e. The van der Waals surface area contributed by atoms with Gasteiger partial charge in [-0.25, -0.2) is 0 Å². The molecule has 2 rings (SSSR count). The first-order valence-electron chi connectivity index (χ1n) is 6.49. The van der Waals surface area contributed by atoms with Crippen LogP contribution in [0.3, 0.4) is 0 Å². The molecule has 0 unspecified atom stereocenters. The summed E-state index contributed by atoms with van der Waals surface area (Å²) in [6.45, 7) is 2.15. The van der Waals surface area contributed by atoms with E-state index in [0.29, 0.717) is 0 Å². The minimum Gasteiger partial charge on any atom is -0.147 e. The van der Waals surface area contributed by atoms with Crippen LogP contribution >= 0.6 is 25.3 Å². The van der Waals surface area contributed by atoms with Crippen LogP contribution in [0.15, 0.2) is 59.5 Å². The first-order chi connectivity index (χ1) is 9.22. The van der Waals surface area contributed by atoms with Crippen molar-refractivity contribution in [3.05, 3.63) is 65.1 Å². The molecule has 0 aliphatic rings. The normalized spacial score (nSPS) is 12.2. The van der Waals surface area contributed by atoms with Crippen molar-refractivity contribution >= 4 is 30.2 Å². The first kappa shape index (κ1) is 14.3.